The number of aromatic amines is 1. The molecule has 1 aliphatic heterocycles. The van der Waals surface area contributed by atoms with Gasteiger partial charge in [0, 0.05) is 46.7 Å². The minimum atomic E-state index is -0.401. The molecule has 0 fully saturated rings. The number of amides is 1. The molecule has 0 spiro atoms. The van der Waals surface area contributed by atoms with Gasteiger partial charge >= 0.3 is 0 Å². The summed E-state index contributed by atoms with van der Waals surface area (Å²) in [5.74, 6) is 0.554. The lowest BCUT2D eigenvalue weighted by Gasteiger charge is -2.29. The van der Waals surface area contributed by atoms with Crippen LogP contribution in [0, 0.1) is 0 Å². The number of para-hydroxylation sites is 1. The van der Waals surface area contributed by atoms with Crippen LogP contribution in [0.4, 0.5) is 5.69 Å². The van der Waals surface area contributed by atoms with Gasteiger partial charge in [-0.3, -0.25) is 14.8 Å². The molecule has 2 aromatic carbocycles. The maximum atomic E-state index is 13.8. The summed E-state index contributed by atoms with van der Waals surface area (Å²) >= 11 is 0. The van der Waals surface area contributed by atoms with E-state index in [1.165, 1.54) is 6.26 Å². The van der Waals surface area contributed by atoms with Gasteiger partial charge in [0.05, 0.1) is 12.6 Å². The normalized spacial score (nSPS) is 15.5. The third-order valence-corrected chi connectivity index (χ3v) is 6.14. The van der Waals surface area contributed by atoms with Gasteiger partial charge < -0.3 is 14.0 Å². The van der Waals surface area contributed by atoms with Gasteiger partial charge in [0.2, 0.25) is 0 Å². The van der Waals surface area contributed by atoms with Gasteiger partial charge in [0.25, 0.3) is 5.91 Å². The van der Waals surface area contributed by atoms with E-state index in [9.17, 15) is 4.79 Å². The summed E-state index contributed by atoms with van der Waals surface area (Å²) in [7, 11) is 1.64. The number of methoxy groups -OCH3 is 1. The quantitative estimate of drug-likeness (QED) is 0.375. The molecule has 1 atom stereocenters. The Labute approximate surface area is 203 Å². The smallest absolute Gasteiger partial charge is 0.280 e. The van der Waals surface area contributed by atoms with Crippen molar-refractivity contribution in [3.8, 4) is 17.0 Å². The Bertz CT molecular complexity index is 1320. The fraction of sp³-hybridized carbons (Fsp3) is 0.296. The van der Waals surface area contributed by atoms with Gasteiger partial charge in [0.1, 0.15) is 24.3 Å². The van der Waals surface area contributed by atoms with E-state index < -0.39 is 6.04 Å². The van der Waals surface area contributed by atoms with Crippen LogP contribution in [0.1, 0.15) is 54.1 Å². The number of hydrogen-bond acceptors (Lipinski definition) is 6. The van der Waals surface area contributed by atoms with Crippen molar-refractivity contribution in [3.63, 3.8) is 0 Å². The van der Waals surface area contributed by atoms with E-state index >= 15 is 0 Å². The van der Waals surface area contributed by atoms with Crippen LogP contribution in [0.2, 0.25) is 0 Å². The molecule has 3 heterocycles. The molecule has 35 heavy (non-hydrogen) atoms. The number of aromatic nitrogens is 3. The zero-order valence-electron chi connectivity index (χ0n) is 20.2. The highest BCUT2D eigenvalue weighted by Crippen LogP contribution is 2.47. The lowest BCUT2D eigenvalue weighted by Crippen LogP contribution is -2.30. The van der Waals surface area contributed by atoms with Crippen LogP contribution in [0.3, 0.4) is 0 Å². The van der Waals surface area contributed by atoms with E-state index in [2.05, 4.69) is 36.1 Å². The van der Waals surface area contributed by atoms with Crippen LogP contribution in [-0.2, 0) is 10.2 Å². The number of rotatable bonds is 7. The number of H-pyrrole nitrogens is 1. The molecule has 1 unspecified atom stereocenters. The number of benzene rings is 2. The SMILES string of the molecule is COCCOc1ccccc1C1c2c(n[nH]c2C(C)(C)C)C(=O)N1c1ccc(-c2ccon2)cc1. The van der Waals surface area contributed by atoms with Gasteiger partial charge in [-0.25, -0.2) is 0 Å². The minimum Gasteiger partial charge on any atom is -0.491 e. The van der Waals surface area contributed by atoms with Gasteiger partial charge in [-0.1, -0.05) is 56.3 Å². The summed E-state index contributed by atoms with van der Waals surface area (Å²) in [4.78, 5) is 15.6. The topological polar surface area (TPSA) is 93.5 Å². The number of ether oxygens (including phenoxy) is 2. The second kappa shape index (κ2) is 9.03. The van der Waals surface area contributed by atoms with Crippen LogP contribution in [0.15, 0.2) is 65.4 Å². The van der Waals surface area contributed by atoms with Crippen molar-refractivity contribution in [1.82, 2.24) is 15.4 Å². The maximum Gasteiger partial charge on any atom is 0.280 e. The van der Waals surface area contributed by atoms with Crippen molar-refractivity contribution in [3.05, 3.63) is 83.4 Å². The molecule has 0 radical (unpaired) electrons. The highest BCUT2D eigenvalue weighted by Gasteiger charge is 2.45. The Hall–Kier alpha value is -3.91. The summed E-state index contributed by atoms with van der Waals surface area (Å²) in [6.07, 6.45) is 1.54. The van der Waals surface area contributed by atoms with Crippen molar-refractivity contribution < 1.29 is 18.8 Å². The average Bonchev–Trinajstić information content (AvgIpc) is 3.58. The summed E-state index contributed by atoms with van der Waals surface area (Å²) in [5, 5.41) is 11.6. The molecular formula is C27H28N4O4. The zero-order chi connectivity index (χ0) is 24.6. The highest BCUT2D eigenvalue weighted by molar-refractivity contribution is 6.11. The number of carbonyl (C=O) groups excluding carboxylic acids is 1. The second-order valence-electron chi connectivity index (χ2n) is 9.50. The van der Waals surface area contributed by atoms with Crippen molar-refractivity contribution in [1.29, 1.82) is 0 Å². The summed E-state index contributed by atoms with van der Waals surface area (Å²) in [6, 6.07) is 17.0. The lowest BCUT2D eigenvalue weighted by molar-refractivity contribution is 0.0988. The summed E-state index contributed by atoms with van der Waals surface area (Å²) in [5.41, 5.74) is 5.30. The Balaban J connectivity index is 1.63. The molecular weight excluding hydrogens is 444 g/mol. The first-order chi connectivity index (χ1) is 16.9. The standard InChI is InChI=1S/C27H28N4O4/c1-27(2,3)25-22-23(28-29-25)26(32)31(18-11-9-17(10-12-18)20-13-14-35-30-20)24(22)19-7-5-6-8-21(19)34-16-15-33-4/h5-14,24H,15-16H2,1-4H3,(H,28,29). The zero-order valence-corrected chi connectivity index (χ0v) is 20.2. The number of nitrogens with zero attached hydrogens (tertiary/aromatic N) is 3. The molecule has 0 bridgehead atoms. The first-order valence-electron chi connectivity index (χ1n) is 11.5. The molecule has 0 saturated carbocycles. The van der Waals surface area contributed by atoms with Crippen molar-refractivity contribution in [2.75, 3.05) is 25.2 Å². The van der Waals surface area contributed by atoms with Gasteiger partial charge in [0.15, 0.2) is 5.69 Å². The van der Waals surface area contributed by atoms with E-state index in [4.69, 9.17) is 14.0 Å². The number of nitrogens with one attached hydrogen (secondary N) is 1. The second-order valence-corrected chi connectivity index (χ2v) is 9.50. The third kappa shape index (κ3) is 4.10. The van der Waals surface area contributed by atoms with Crippen LogP contribution < -0.4 is 9.64 Å². The van der Waals surface area contributed by atoms with Gasteiger partial charge in [-0.15, -0.1) is 0 Å². The maximum absolute atomic E-state index is 13.8. The molecule has 1 aliphatic rings. The Kier molecular flexibility index (Phi) is 5.90. The summed E-state index contributed by atoms with van der Waals surface area (Å²) in [6.45, 7) is 7.20. The molecule has 2 aromatic heterocycles. The van der Waals surface area contributed by atoms with E-state index in [0.717, 1.165) is 33.8 Å². The van der Waals surface area contributed by atoms with Crippen LogP contribution >= 0.6 is 0 Å². The van der Waals surface area contributed by atoms with E-state index in [0.29, 0.717) is 24.7 Å². The fourth-order valence-electron chi connectivity index (χ4n) is 4.50. The van der Waals surface area contributed by atoms with E-state index in [-0.39, 0.29) is 11.3 Å². The van der Waals surface area contributed by atoms with E-state index in [1.54, 1.807) is 18.1 Å². The van der Waals surface area contributed by atoms with Crippen molar-refractivity contribution in [2.45, 2.75) is 32.2 Å². The molecule has 1 N–H and O–H groups in total. The van der Waals surface area contributed by atoms with Crippen LogP contribution in [0.5, 0.6) is 5.75 Å². The molecule has 0 aliphatic carbocycles. The lowest BCUT2D eigenvalue weighted by atomic mass is 9.85. The monoisotopic (exact) mass is 472 g/mol. The highest BCUT2D eigenvalue weighted by atomic mass is 16.5. The van der Waals surface area contributed by atoms with Crippen molar-refractivity contribution >= 4 is 11.6 Å². The molecule has 4 aromatic rings. The molecule has 8 nitrogen and oxygen atoms in total. The molecule has 1 amide bonds. The first kappa shape index (κ1) is 22.9. The van der Waals surface area contributed by atoms with Gasteiger partial charge in [-0.05, 0) is 18.2 Å². The number of fused-ring (bicyclic) bond motifs is 1. The van der Waals surface area contributed by atoms with E-state index in [1.807, 2.05) is 48.5 Å². The van der Waals surface area contributed by atoms with Crippen LogP contribution in [0.25, 0.3) is 11.3 Å². The van der Waals surface area contributed by atoms with Gasteiger partial charge in [-0.2, -0.15) is 5.10 Å². The third-order valence-electron chi connectivity index (χ3n) is 6.14. The average molecular weight is 473 g/mol. The predicted molar refractivity (Wildman–Crippen MR) is 132 cm³/mol. The van der Waals surface area contributed by atoms with Crippen molar-refractivity contribution in [2.24, 2.45) is 0 Å². The largest absolute Gasteiger partial charge is 0.491 e. The number of carbonyl (C=O) groups is 1. The van der Waals surface area contributed by atoms with Crippen LogP contribution in [-0.4, -0.2) is 41.6 Å². The molecule has 5 rings (SSSR count). The molecule has 180 valence electrons. The number of hydrogen-bond donors (Lipinski definition) is 1. The number of anilines is 1. The summed E-state index contributed by atoms with van der Waals surface area (Å²) < 4.78 is 16.2. The molecule has 0 saturated heterocycles. The predicted octanol–water partition coefficient (Wildman–Crippen LogP) is 5.14. The Morgan fingerprint density at radius 1 is 1.06 bits per heavy atom. The fourth-order valence-corrected chi connectivity index (χ4v) is 4.50. The Morgan fingerprint density at radius 3 is 2.51 bits per heavy atom. The minimum absolute atomic E-state index is 0.155. The molecule has 8 heteroatoms. The Morgan fingerprint density at radius 2 is 1.83 bits per heavy atom. The first-order valence-corrected chi connectivity index (χ1v) is 11.5.